The molecule has 0 fully saturated rings. The number of nitrogens with two attached hydrogens (primary N) is 1. The van der Waals surface area contributed by atoms with E-state index in [9.17, 15) is 8.78 Å². The maximum atomic E-state index is 13.0. The van der Waals surface area contributed by atoms with E-state index in [1.54, 1.807) is 7.05 Å². The van der Waals surface area contributed by atoms with E-state index in [0.717, 1.165) is 12.1 Å². The number of terminal acetylenes is 1. The lowest BCUT2D eigenvalue weighted by Crippen LogP contribution is -2.19. The predicted octanol–water partition coefficient (Wildman–Crippen LogP) is 1.62. The highest BCUT2D eigenvalue weighted by molar-refractivity contribution is 5.68. The average Bonchev–Trinajstić information content (AvgIpc) is 2.11. The smallest absolute Gasteiger partial charge is 0.151 e. The van der Waals surface area contributed by atoms with Gasteiger partial charge >= 0.3 is 0 Å². The Morgan fingerprint density at radius 2 is 2.14 bits per heavy atom. The van der Waals surface area contributed by atoms with E-state index in [1.807, 2.05) is 0 Å². The van der Waals surface area contributed by atoms with Crippen molar-refractivity contribution in [2.45, 2.75) is 0 Å². The zero-order chi connectivity index (χ0) is 10.7. The van der Waals surface area contributed by atoms with Crippen molar-refractivity contribution in [3.05, 3.63) is 23.8 Å². The second-order valence-corrected chi connectivity index (χ2v) is 2.88. The van der Waals surface area contributed by atoms with E-state index >= 15 is 0 Å². The molecule has 4 heteroatoms. The highest BCUT2D eigenvalue weighted by atomic mass is 19.1. The largest absolute Gasteiger partial charge is 0.395 e. The van der Waals surface area contributed by atoms with E-state index in [-0.39, 0.29) is 17.9 Å². The normalized spacial score (nSPS) is 9.57. The molecule has 2 nitrogen and oxygen atoms in total. The van der Waals surface area contributed by atoms with E-state index in [1.165, 1.54) is 4.90 Å². The number of benzene rings is 1. The molecule has 1 aromatic carbocycles. The summed E-state index contributed by atoms with van der Waals surface area (Å²) in [6.07, 6.45) is 5.07. The standard InChI is InChI=1S/C10H10F2N2/c1-3-4-14(2)9-6-7(11)5-8(12)10(9)13/h1,5-6H,4,13H2,2H3. The molecule has 0 amide bonds. The number of halogens is 2. The fourth-order valence-corrected chi connectivity index (χ4v) is 1.11. The van der Waals surface area contributed by atoms with E-state index < -0.39 is 11.6 Å². The minimum Gasteiger partial charge on any atom is -0.395 e. The van der Waals surface area contributed by atoms with Crippen LogP contribution in [0.1, 0.15) is 0 Å². The summed E-state index contributed by atoms with van der Waals surface area (Å²) in [4.78, 5) is 1.50. The Balaban J connectivity index is 3.14. The molecule has 2 N–H and O–H groups in total. The van der Waals surface area contributed by atoms with Crippen LogP contribution in [0.25, 0.3) is 0 Å². The van der Waals surface area contributed by atoms with Gasteiger partial charge in [-0.05, 0) is 6.07 Å². The molecule has 1 rings (SSSR count). The Labute approximate surface area is 81.3 Å². The Kier molecular flexibility index (Phi) is 2.92. The van der Waals surface area contributed by atoms with Crippen molar-refractivity contribution in [2.75, 3.05) is 24.2 Å². The second kappa shape index (κ2) is 3.97. The van der Waals surface area contributed by atoms with Gasteiger partial charge in [0.2, 0.25) is 0 Å². The fourth-order valence-electron chi connectivity index (χ4n) is 1.11. The van der Waals surface area contributed by atoms with Crippen LogP contribution in [0.15, 0.2) is 12.1 Å². The monoisotopic (exact) mass is 196 g/mol. The van der Waals surface area contributed by atoms with E-state index in [4.69, 9.17) is 12.2 Å². The molecule has 0 aliphatic rings. The summed E-state index contributed by atoms with van der Waals surface area (Å²) in [7, 11) is 1.62. The summed E-state index contributed by atoms with van der Waals surface area (Å²) in [5.41, 5.74) is 5.60. The van der Waals surface area contributed by atoms with Crippen LogP contribution in [0, 0.1) is 24.0 Å². The van der Waals surface area contributed by atoms with Gasteiger partial charge in [0.1, 0.15) is 5.82 Å². The number of anilines is 2. The maximum absolute atomic E-state index is 13.0. The Bertz CT molecular complexity index is 382. The minimum absolute atomic E-state index is 0.0934. The van der Waals surface area contributed by atoms with Crippen molar-refractivity contribution >= 4 is 11.4 Å². The molecular weight excluding hydrogens is 186 g/mol. The minimum atomic E-state index is -0.774. The third-order valence-corrected chi connectivity index (χ3v) is 1.81. The summed E-state index contributed by atoms with van der Waals surface area (Å²) >= 11 is 0. The molecule has 0 unspecified atom stereocenters. The first-order valence-electron chi connectivity index (χ1n) is 3.95. The molecular formula is C10H10F2N2. The zero-order valence-electron chi connectivity index (χ0n) is 7.72. The first-order chi connectivity index (χ1) is 6.56. The molecule has 74 valence electrons. The molecule has 0 aliphatic carbocycles. The van der Waals surface area contributed by atoms with Gasteiger partial charge in [-0.2, -0.15) is 0 Å². The van der Waals surface area contributed by atoms with Crippen LogP contribution in [0.3, 0.4) is 0 Å². The average molecular weight is 196 g/mol. The molecule has 14 heavy (non-hydrogen) atoms. The molecule has 0 aromatic heterocycles. The molecule has 0 bridgehead atoms. The first-order valence-corrected chi connectivity index (χ1v) is 3.95. The quantitative estimate of drug-likeness (QED) is 0.575. The fraction of sp³-hybridized carbons (Fsp3) is 0.200. The second-order valence-electron chi connectivity index (χ2n) is 2.88. The van der Waals surface area contributed by atoms with Crippen molar-refractivity contribution in [1.29, 1.82) is 0 Å². The van der Waals surface area contributed by atoms with Gasteiger partial charge in [-0.25, -0.2) is 8.78 Å². The lowest BCUT2D eigenvalue weighted by molar-refractivity contribution is 0.586. The Morgan fingerprint density at radius 1 is 1.50 bits per heavy atom. The van der Waals surface area contributed by atoms with E-state index in [0.29, 0.717) is 0 Å². The maximum Gasteiger partial charge on any atom is 0.151 e. The third kappa shape index (κ3) is 1.94. The van der Waals surface area contributed by atoms with E-state index in [2.05, 4.69) is 5.92 Å². The molecule has 0 atom stereocenters. The molecule has 0 saturated carbocycles. The number of hydrogen-bond acceptors (Lipinski definition) is 2. The van der Waals surface area contributed by atoms with Crippen LogP contribution in [-0.2, 0) is 0 Å². The van der Waals surface area contributed by atoms with Gasteiger partial charge in [-0.3, -0.25) is 0 Å². The molecule has 0 radical (unpaired) electrons. The van der Waals surface area contributed by atoms with Crippen LogP contribution >= 0.6 is 0 Å². The molecule has 0 spiro atoms. The van der Waals surface area contributed by atoms with Crippen LogP contribution < -0.4 is 10.6 Å². The van der Waals surface area contributed by atoms with Crippen LogP contribution in [0.5, 0.6) is 0 Å². The molecule has 1 aromatic rings. The number of hydrogen-bond donors (Lipinski definition) is 1. The Hall–Kier alpha value is -1.76. The SMILES string of the molecule is C#CCN(C)c1cc(F)cc(F)c1N. The van der Waals surface area contributed by atoms with Crippen LogP contribution in [0.4, 0.5) is 20.2 Å². The van der Waals surface area contributed by atoms with Gasteiger partial charge < -0.3 is 10.6 Å². The van der Waals surface area contributed by atoms with Crippen molar-refractivity contribution in [3.8, 4) is 12.3 Å². The van der Waals surface area contributed by atoms with Gasteiger partial charge in [0, 0.05) is 13.1 Å². The summed E-state index contributed by atoms with van der Waals surface area (Å²) in [6.45, 7) is 0.243. The summed E-state index contributed by atoms with van der Waals surface area (Å²) < 4.78 is 25.8. The lowest BCUT2D eigenvalue weighted by Gasteiger charge is -2.18. The van der Waals surface area contributed by atoms with Gasteiger partial charge in [0.15, 0.2) is 5.82 Å². The number of nitrogen functional groups attached to an aromatic ring is 1. The van der Waals surface area contributed by atoms with Crippen molar-refractivity contribution < 1.29 is 8.78 Å². The van der Waals surface area contributed by atoms with Crippen molar-refractivity contribution in [2.24, 2.45) is 0 Å². The van der Waals surface area contributed by atoms with Crippen LogP contribution in [0.2, 0.25) is 0 Å². The Morgan fingerprint density at radius 3 is 2.71 bits per heavy atom. The van der Waals surface area contributed by atoms with Crippen molar-refractivity contribution in [3.63, 3.8) is 0 Å². The highest BCUT2D eigenvalue weighted by Crippen LogP contribution is 2.25. The molecule has 0 aliphatic heterocycles. The van der Waals surface area contributed by atoms with Crippen molar-refractivity contribution in [1.82, 2.24) is 0 Å². The van der Waals surface area contributed by atoms with Gasteiger partial charge in [-0.1, -0.05) is 5.92 Å². The first kappa shape index (κ1) is 10.3. The van der Waals surface area contributed by atoms with Gasteiger partial charge in [0.05, 0.1) is 17.9 Å². The summed E-state index contributed by atoms with van der Waals surface area (Å²) in [5, 5.41) is 0. The predicted molar refractivity (Wildman–Crippen MR) is 52.9 cm³/mol. The van der Waals surface area contributed by atoms with Gasteiger partial charge in [-0.15, -0.1) is 6.42 Å². The highest BCUT2D eigenvalue weighted by Gasteiger charge is 2.10. The van der Waals surface area contributed by atoms with Gasteiger partial charge in [0.25, 0.3) is 0 Å². The summed E-state index contributed by atoms with van der Waals surface area (Å²) in [5.74, 6) is 0.913. The lowest BCUT2D eigenvalue weighted by atomic mass is 10.2. The van der Waals surface area contributed by atoms with Crippen LogP contribution in [-0.4, -0.2) is 13.6 Å². The topological polar surface area (TPSA) is 29.3 Å². The number of nitrogens with zero attached hydrogens (tertiary/aromatic N) is 1. The third-order valence-electron chi connectivity index (χ3n) is 1.81. The number of rotatable bonds is 2. The summed E-state index contributed by atoms with van der Waals surface area (Å²) in [6, 6.07) is 1.89. The zero-order valence-corrected chi connectivity index (χ0v) is 7.72. The molecule has 0 saturated heterocycles. The molecule has 0 heterocycles.